The minimum Gasteiger partial charge on any atom is -0.354 e. The zero-order valence-electron chi connectivity index (χ0n) is 21.8. The number of ketones is 1. The standard InChI is InChI=1S/C29H44N2OS/c1-9-13-25(14-10-2)19-26(32)20-33(8,24(7)21(3)4)29-17-11-15-27(22(29)5)31-28-16-12-18-30-23(28)6/h11-12,15-18,24-25,31H,3,9-10,13-14,19-20H2,1-2,4-8H3. The molecule has 3 nitrogen and oxygen atoms in total. The van der Waals surface area contributed by atoms with Gasteiger partial charge in [-0.1, -0.05) is 64.7 Å². The number of Topliss-reactive ketones (excluding diaryl/α,β-unsaturated/α-hetero) is 1. The Bertz CT molecular complexity index is 948. The van der Waals surface area contributed by atoms with Crippen molar-refractivity contribution in [2.45, 2.75) is 83.8 Å². The van der Waals surface area contributed by atoms with E-state index in [1.807, 2.05) is 19.2 Å². The highest BCUT2D eigenvalue weighted by molar-refractivity contribution is 8.34. The van der Waals surface area contributed by atoms with Crippen LogP contribution in [0.4, 0.5) is 11.4 Å². The van der Waals surface area contributed by atoms with Crippen LogP contribution in [0.1, 0.15) is 71.1 Å². The molecule has 2 unspecified atom stereocenters. The van der Waals surface area contributed by atoms with Crippen LogP contribution in [0.3, 0.4) is 0 Å². The molecule has 2 aromatic rings. The Hall–Kier alpha value is -2.07. The molecule has 2 atom stereocenters. The van der Waals surface area contributed by atoms with Gasteiger partial charge in [-0.3, -0.25) is 9.78 Å². The highest BCUT2D eigenvalue weighted by atomic mass is 32.3. The molecule has 0 spiro atoms. The number of carbonyl (C=O) groups is 1. The van der Waals surface area contributed by atoms with E-state index in [-0.39, 0.29) is 5.25 Å². The monoisotopic (exact) mass is 468 g/mol. The van der Waals surface area contributed by atoms with E-state index in [9.17, 15) is 4.79 Å². The molecule has 33 heavy (non-hydrogen) atoms. The number of pyridine rings is 1. The van der Waals surface area contributed by atoms with Gasteiger partial charge in [-0.15, -0.1) is 0 Å². The van der Waals surface area contributed by atoms with Gasteiger partial charge in [-0.05, 0) is 67.7 Å². The van der Waals surface area contributed by atoms with E-state index in [0.717, 1.165) is 48.3 Å². The molecule has 0 amide bonds. The number of nitrogens with one attached hydrogen (secondary N) is 1. The van der Waals surface area contributed by atoms with Crippen LogP contribution in [0.15, 0.2) is 53.6 Å². The highest BCUT2D eigenvalue weighted by Gasteiger charge is 2.33. The van der Waals surface area contributed by atoms with Crippen LogP contribution >= 0.6 is 10.0 Å². The van der Waals surface area contributed by atoms with Gasteiger partial charge in [0.15, 0.2) is 0 Å². The minimum absolute atomic E-state index is 0.270. The maximum atomic E-state index is 13.4. The van der Waals surface area contributed by atoms with Crippen molar-refractivity contribution < 1.29 is 4.79 Å². The van der Waals surface area contributed by atoms with E-state index in [0.29, 0.717) is 23.9 Å². The van der Waals surface area contributed by atoms with Gasteiger partial charge < -0.3 is 5.32 Å². The Morgan fingerprint density at radius 1 is 1.09 bits per heavy atom. The Balaban J connectivity index is 2.41. The number of hydrogen-bond donors (Lipinski definition) is 1. The fourth-order valence-electron chi connectivity index (χ4n) is 4.73. The molecule has 0 radical (unpaired) electrons. The van der Waals surface area contributed by atoms with Crippen molar-refractivity contribution in [2.75, 3.05) is 17.3 Å². The summed E-state index contributed by atoms with van der Waals surface area (Å²) in [7, 11) is -1.43. The molecule has 4 heteroatoms. The number of benzene rings is 1. The predicted molar refractivity (Wildman–Crippen MR) is 147 cm³/mol. The van der Waals surface area contributed by atoms with Crippen molar-refractivity contribution >= 4 is 27.2 Å². The first-order valence-corrected chi connectivity index (χ1v) is 14.6. The van der Waals surface area contributed by atoms with Gasteiger partial charge in [0.05, 0.1) is 11.4 Å². The van der Waals surface area contributed by atoms with E-state index in [2.05, 4.69) is 82.0 Å². The number of aryl methyl sites for hydroxylation is 1. The average Bonchev–Trinajstić information content (AvgIpc) is 2.76. The number of anilines is 2. The molecule has 182 valence electrons. The van der Waals surface area contributed by atoms with Crippen molar-refractivity contribution in [1.29, 1.82) is 0 Å². The lowest BCUT2D eigenvalue weighted by atomic mass is 9.93. The summed E-state index contributed by atoms with van der Waals surface area (Å²) in [5, 5.41) is 3.85. The summed E-state index contributed by atoms with van der Waals surface area (Å²) < 4.78 is 0. The SMILES string of the molecule is C=C(C)C(C)S(C)(CC(=O)CC(CCC)CCC)c1cccc(Nc2cccnc2C)c1C. The van der Waals surface area contributed by atoms with Crippen molar-refractivity contribution in [3.63, 3.8) is 0 Å². The molecule has 1 aromatic heterocycles. The Labute approximate surface area is 203 Å². The molecular weight excluding hydrogens is 424 g/mol. The molecule has 0 saturated carbocycles. The first kappa shape index (κ1) is 27.2. The zero-order chi connectivity index (χ0) is 24.6. The third-order valence-corrected chi connectivity index (χ3v) is 11.2. The second-order valence-electron chi connectivity index (χ2n) is 9.67. The molecule has 0 aliphatic heterocycles. The van der Waals surface area contributed by atoms with Crippen LogP contribution in [0.25, 0.3) is 0 Å². The van der Waals surface area contributed by atoms with E-state index < -0.39 is 10.0 Å². The fraction of sp³-hybridized carbons (Fsp3) is 0.517. The second-order valence-corrected chi connectivity index (χ2v) is 13.4. The van der Waals surface area contributed by atoms with Crippen LogP contribution in [-0.4, -0.2) is 28.0 Å². The summed E-state index contributed by atoms with van der Waals surface area (Å²) in [5.41, 5.74) is 5.44. The molecule has 1 N–H and O–H groups in total. The number of nitrogens with zero attached hydrogens (tertiary/aromatic N) is 1. The first-order valence-electron chi connectivity index (χ1n) is 12.3. The van der Waals surface area contributed by atoms with Crippen molar-refractivity contribution in [1.82, 2.24) is 4.98 Å². The van der Waals surface area contributed by atoms with E-state index in [1.165, 1.54) is 10.5 Å². The lowest BCUT2D eigenvalue weighted by Gasteiger charge is -2.43. The summed E-state index contributed by atoms with van der Waals surface area (Å²) in [6.45, 7) is 17.3. The van der Waals surface area contributed by atoms with Gasteiger partial charge in [0, 0.05) is 29.3 Å². The number of aromatic nitrogens is 1. The normalized spacial score (nSPS) is 15.0. The number of rotatable bonds is 13. The van der Waals surface area contributed by atoms with E-state index in [4.69, 9.17) is 0 Å². The van der Waals surface area contributed by atoms with Crippen LogP contribution in [0.2, 0.25) is 0 Å². The van der Waals surface area contributed by atoms with Gasteiger partial charge in [-0.25, -0.2) is 10.0 Å². The summed E-state index contributed by atoms with van der Waals surface area (Å²) in [6, 6.07) is 10.5. The smallest absolute Gasteiger partial charge is 0.141 e. The van der Waals surface area contributed by atoms with Gasteiger partial charge >= 0.3 is 0 Å². The quantitative estimate of drug-likeness (QED) is 0.300. The van der Waals surface area contributed by atoms with Crippen LogP contribution in [-0.2, 0) is 4.79 Å². The predicted octanol–water partition coefficient (Wildman–Crippen LogP) is 8.38. The Morgan fingerprint density at radius 2 is 1.73 bits per heavy atom. The van der Waals surface area contributed by atoms with E-state index >= 15 is 0 Å². The van der Waals surface area contributed by atoms with Crippen LogP contribution < -0.4 is 5.32 Å². The van der Waals surface area contributed by atoms with Gasteiger partial charge in [0.25, 0.3) is 0 Å². The minimum atomic E-state index is -1.43. The number of carbonyl (C=O) groups excluding carboxylic acids is 1. The maximum absolute atomic E-state index is 13.4. The molecule has 1 heterocycles. The topological polar surface area (TPSA) is 42.0 Å². The van der Waals surface area contributed by atoms with Crippen molar-refractivity contribution in [3.8, 4) is 0 Å². The van der Waals surface area contributed by atoms with Crippen LogP contribution in [0.5, 0.6) is 0 Å². The molecule has 1 aromatic carbocycles. The molecule has 0 fully saturated rings. The third-order valence-electron chi connectivity index (χ3n) is 6.91. The molecule has 0 aliphatic rings. The zero-order valence-corrected chi connectivity index (χ0v) is 22.6. The highest BCUT2D eigenvalue weighted by Crippen LogP contribution is 2.60. The summed E-state index contributed by atoms with van der Waals surface area (Å²) in [4.78, 5) is 19.1. The molecule has 0 aliphatic carbocycles. The maximum Gasteiger partial charge on any atom is 0.141 e. The van der Waals surface area contributed by atoms with Gasteiger partial charge in [0.1, 0.15) is 5.78 Å². The molecule has 0 saturated heterocycles. The summed E-state index contributed by atoms with van der Waals surface area (Å²) in [5.74, 6) is 1.55. The summed E-state index contributed by atoms with van der Waals surface area (Å²) >= 11 is 0. The molecule has 0 bridgehead atoms. The van der Waals surface area contributed by atoms with Crippen molar-refractivity contribution in [3.05, 3.63) is 59.9 Å². The van der Waals surface area contributed by atoms with Gasteiger partial charge in [-0.2, -0.15) is 0 Å². The molecule has 2 rings (SSSR count). The second kappa shape index (κ2) is 12.4. The third kappa shape index (κ3) is 6.96. The first-order chi connectivity index (χ1) is 15.6. The lowest BCUT2D eigenvalue weighted by molar-refractivity contribution is -0.117. The van der Waals surface area contributed by atoms with E-state index in [1.54, 1.807) is 0 Å². The molecular formula is C29H44N2OS. The lowest BCUT2D eigenvalue weighted by Crippen LogP contribution is -2.25. The van der Waals surface area contributed by atoms with Crippen molar-refractivity contribution in [2.24, 2.45) is 5.92 Å². The largest absolute Gasteiger partial charge is 0.354 e. The van der Waals surface area contributed by atoms with Gasteiger partial charge in [0.2, 0.25) is 0 Å². The fourth-order valence-corrected chi connectivity index (χ4v) is 8.39. The summed E-state index contributed by atoms with van der Waals surface area (Å²) in [6.07, 6.45) is 9.43. The van der Waals surface area contributed by atoms with Crippen LogP contribution in [0, 0.1) is 19.8 Å². The Kier molecular flexibility index (Phi) is 10.2. The number of hydrogen-bond acceptors (Lipinski definition) is 3. The average molecular weight is 469 g/mol. The Morgan fingerprint density at radius 3 is 2.30 bits per heavy atom.